The molecule has 1 aromatic rings. The molecule has 0 saturated carbocycles. The highest BCUT2D eigenvalue weighted by Crippen LogP contribution is 2.37. The minimum Gasteiger partial charge on any atom is -0.330 e. The van der Waals surface area contributed by atoms with Crippen LogP contribution in [0.1, 0.15) is 75.8 Å². The summed E-state index contributed by atoms with van der Waals surface area (Å²) in [7, 11) is 4.97. The molecule has 1 atom stereocenters. The van der Waals surface area contributed by atoms with Gasteiger partial charge in [0.2, 0.25) is 0 Å². The smallest absolute Gasteiger partial charge is 0.289 e. The summed E-state index contributed by atoms with van der Waals surface area (Å²) >= 11 is 0. The van der Waals surface area contributed by atoms with E-state index in [0.717, 1.165) is 19.3 Å². The highest BCUT2D eigenvalue weighted by molar-refractivity contribution is 5.27. The molecule has 0 aliphatic carbocycles. The summed E-state index contributed by atoms with van der Waals surface area (Å²) in [6, 6.07) is 8.70. The fraction of sp³-hybridized carbons (Fsp3) is 0.714. The first-order valence-electron chi connectivity index (χ1n) is 9.41. The van der Waals surface area contributed by atoms with Gasteiger partial charge in [-0.25, -0.2) is 0 Å². The van der Waals surface area contributed by atoms with Gasteiger partial charge in [0, 0.05) is 21.3 Å². The zero-order chi connectivity index (χ0) is 17.8. The maximum atomic E-state index is 5.68. The van der Waals surface area contributed by atoms with Gasteiger partial charge in [-0.1, -0.05) is 76.6 Å². The van der Waals surface area contributed by atoms with Crippen molar-refractivity contribution in [3.8, 4) is 0 Å². The van der Waals surface area contributed by atoms with Crippen LogP contribution in [0.4, 0.5) is 0 Å². The fourth-order valence-electron chi connectivity index (χ4n) is 3.38. The van der Waals surface area contributed by atoms with Gasteiger partial charge in [-0.3, -0.25) is 0 Å². The average molecular weight is 337 g/mol. The van der Waals surface area contributed by atoms with Crippen molar-refractivity contribution in [3.05, 3.63) is 35.4 Å². The van der Waals surface area contributed by atoms with Crippen LogP contribution in [0.2, 0.25) is 0 Å². The first kappa shape index (κ1) is 21.1. The Hall–Kier alpha value is -0.900. The Morgan fingerprint density at radius 1 is 0.875 bits per heavy atom. The van der Waals surface area contributed by atoms with E-state index in [2.05, 4.69) is 38.1 Å². The van der Waals surface area contributed by atoms with Gasteiger partial charge in [-0.2, -0.15) is 0 Å². The van der Waals surface area contributed by atoms with Crippen molar-refractivity contribution in [1.82, 2.24) is 0 Å². The van der Waals surface area contributed by atoms with E-state index in [-0.39, 0.29) is 5.92 Å². The van der Waals surface area contributed by atoms with Crippen LogP contribution in [0.25, 0.3) is 0 Å². The van der Waals surface area contributed by atoms with Gasteiger partial charge in [0.1, 0.15) is 0 Å². The minimum absolute atomic E-state index is 0.0650. The minimum atomic E-state index is -1.02. The first-order valence-corrected chi connectivity index (χ1v) is 9.41. The molecule has 1 unspecified atom stereocenters. The highest BCUT2D eigenvalue weighted by atomic mass is 16.9. The molecular formula is C21H36O3. The summed E-state index contributed by atoms with van der Waals surface area (Å²) in [6.45, 7) is 4.43. The van der Waals surface area contributed by atoms with Crippen LogP contribution in [0, 0.1) is 0 Å². The summed E-state index contributed by atoms with van der Waals surface area (Å²) in [5.74, 6) is -0.953. The predicted molar refractivity (Wildman–Crippen MR) is 100 cm³/mol. The van der Waals surface area contributed by atoms with Crippen LogP contribution in [0.15, 0.2) is 24.3 Å². The summed E-state index contributed by atoms with van der Waals surface area (Å²) in [5, 5.41) is 0. The zero-order valence-electron chi connectivity index (χ0n) is 16.3. The first-order chi connectivity index (χ1) is 11.7. The second kappa shape index (κ2) is 11.6. The second-order valence-electron chi connectivity index (χ2n) is 6.42. The van der Waals surface area contributed by atoms with Gasteiger partial charge in [0.15, 0.2) is 0 Å². The lowest BCUT2D eigenvalue weighted by Crippen LogP contribution is -2.42. The molecule has 0 fully saturated rings. The van der Waals surface area contributed by atoms with Crippen molar-refractivity contribution < 1.29 is 14.2 Å². The fourth-order valence-corrected chi connectivity index (χ4v) is 3.38. The lowest BCUT2D eigenvalue weighted by Gasteiger charge is -2.37. The molecule has 0 aliphatic heterocycles. The molecular weight excluding hydrogens is 300 g/mol. The Morgan fingerprint density at radius 2 is 1.50 bits per heavy atom. The summed E-state index contributed by atoms with van der Waals surface area (Å²) in [5.41, 5.74) is 2.56. The Balaban J connectivity index is 2.86. The molecule has 0 radical (unpaired) electrons. The molecule has 3 heteroatoms. The van der Waals surface area contributed by atoms with Gasteiger partial charge in [-0.05, 0) is 24.0 Å². The standard InChI is InChI=1S/C21H36O3/c1-6-8-9-10-11-12-16-20(21(22-3,23-4)24-5)19-15-13-14-18(7-2)17-19/h13-15,17,20H,6-12,16H2,1-5H3. The van der Waals surface area contributed by atoms with Crippen LogP contribution >= 0.6 is 0 Å². The zero-order valence-corrected chi connectivity index (χ0v) is 16.3. The topological polar surface area (TPSA) is 27.7 Å². The molecule has 0 saturated heterocycles. The van der Waals surface area contributed by atoms with E-state index in [1.807, 2.05) is 0 Å². The lowest BCUT2D eigenvalue weighted by atomic mass is 9.89. The van der Waals surface area contributed by atoms with Crippen molar-refractivity contribution in [2.45, 2.75) is 77.1 Å². The monoisotopic (exact) mass is 336 g/mol. The van der Waals surface area contributed by atoms with Gasteiger partial charge < -0.3 is 14.2 Å². The number of aryl methyl sites for hydroxylation is 1. The maximum absolute atomic E-state index is 5.68. The van der Waals surface area contributed by atoms with Crippen LogP contribution in [0.5, 0.6) is 0 Å². The molecule has 0 N–H and O–H groups in total. The quantitative estimate of drug-likeness (QED) is 0.343. The van der Waals surface area contributed by atoms with Crippen molar-refractivity contribution in [1.29, 1.82) is 0 Å². The Kier molecular flexibility index (Phi) is 10.2. The summed E-state index contributed by atoms with van der Waals surface area (Å²) in [6.07, 6.45) is 9.67. The molecule has 3 nitrogen and oxygen atoms in total. The van der Waals surface area contributed by atoms with Crippen molar-refractivity contribution >= 4 is 0 Å². The van der Waals surface area contributed by atoms with Crippen molar-refractivity contribution in [2.24, 2.45) is 0 Å². The third-order valence-corrected chi connectivity index (χ3v) is 4.89. The largest absolute Gasteiger partial charge is 0.330 e. The van der Waals surface area contributed by atoms with E-state index in [1.54, 1.807) is 21.3 Å². The molecule has 0 aromatic heterocycles. The van der Waals surface area contributed by atoms with Crippen LogP contribution in [-0.2, 0) is 20.6 Å². The van der Waals surface area contributed by atoms with E-state index in [9.17, 15) is 0 Å². The van der Waals surface area contributed by atoms with E-state index in [4.69, 9.17) is 14.2 Å². The molecule has 1 aromatic carbocycles. The van der Waals surface area contributed by atoms with Crippen molar-refractivity contribution in [3.63, 3.8) is 0 Å². The Morgan fingerprint density at radius 3 is 2.08 bits per heavy atom. The van der Waals surface area contributed by atoms with Crippen LogP contribution in [0.3, 0.4) is 0 Å². The van der Waals surface area contributed by atoms with Crippen LogP contribution < -0.4 is 0 Å². The second-order valence-corrected chi connectivity index (χ2v) is 6.42. The van der Waals surface area contributed by atoms with Gasteiger partial charge in [0.05, 0.1) is 5.92 Å². The lowest BCUT2D eigenvalue weighted by molar-refractivity contribution is -0.365. The highest BCUT2D eigenvalue weighted by Gasteiger charge is 2.40. The molecule has 0 heterocycles. The van der Waals surface area contributed by atoms with E-state index >= 15 is 0 Å². The summed E-state index contributed by atoms with van der Waals surface area (Å²) < 4.78 is 17.0. The number of benzene rings is 1. The summed E-state index contributed by atoms with van der Waals surface area (Å²) in [4.78, 5) is 0. The number of hydrogen-bond donors (Lipinski definition) is 0. The molecule has 0 bridgehead atoms. The Bertz CT molecular complexity index is 432. The number of ether oxygens (including phenoxy) is 3. The van der Waals surface area contributed by atoms with Gasteiger partial charge in [0.25, 0.3) is 5.97 Å². The normalized spacial score (nSPS) is 13.2. The number of rotatable bonds is 13. The molecule has 138 valence electrons. The third-order valence-electron chi connectivity index (χ3n) is 4.89. The molecule has 0 aliphatic rings. The van der Waals surface area contributed by atoms with Crippen molar-refractivity contribution in [2.75, 3.05) is 21.3 Å². The number of unbranched alkanes of at least 4 members (excludes halogenated alkanes) is 5. The molecule has 1 rings (SSSR count). The number of methoxy groups -OCH3 is 3. The molecule has 0 spiro atoms. The molecule has 0 amide bonds. The maximum Gasteiger partial charge on any atom is 0.289 e. The molecule has 24 heavy (non-hydrogen) atoms. The van der Waals surface area contributed by atoms with Gasteiger partial charge in [-0.15, -0.1) is 0 Å². The van der Waals surface area contributed by atoms with E-state index < -0.39 is 5.97 Å². The number of hydrogen-bond acceptors (Lipinski definition) is 3. The van der Waals surface area contributed by atoms with E-state index in [0.29, 0.717) is 0 Å². The van der Waals surface area contributed by atoms with Crippen LogP contribution in [-0.4, -0.2) is 27.3 Å². The Labute approximate surface area is 148 Å². The predicted octanol–water partition coefficient (Wildman–Crippen LogP) is 5.68. The van der Waals surface area contributed by atoms with E-state index in [1.165, 1.54) is 43.2 Å². The third kappa shape index (κ3) is 5.87. The SMILES string of the molecule is CCCCCCCCC(c1cccc(CC)c1)C(OC)(OC)OC. The van der Waals surface area contributed by atoms with Gasteiger partial charge >= 0.3 is 0 Å². The average Bonchev–Trinajstić information content (AvgIpc) is 2.64.